The Labute approximate surface area is 155 Å². The number of hydrogen-bond donors (Lipinski definition) is 2. The van der Waals surface area contributed by atoms with Crippen molar-refractivity contribution in [2.75, 3.05) is 10.3 Å². The SMILES string of the molecule is CCC(C)n1nccc1NC(=O)C1=NN(c2ccc(F)cc2)C(C(N)=O)C1. The van der Waals surface area contributed by atoms with E-state index in [9.17, 15) is 14.0 Å². The highest BCUT2D eigenvalue weighted by atomic mass is 19.1. The largest absolute Gasteiger partial charge is 0.368 e. The molecule has 0 aliphatic carbocycles. The molecule has 0 radical (unpaired) electrons. The number of aromatic nitrogens is 2. The van der Waals surface area contributed by atoms with Crippen LogP contribution in [0.15, 0.2) is 41.6 Å². The first-order valence-corrected chi connectivity index (χ1v) is 8.67. The number of amides is 2. The van der Waals surface area contributed by atoms with Crippen molar-refractivity contribution in [1.29, 1.82) is 0 Å². The molecule has 1 aliphatic rings. The highest BCUT2D eigenvalue weighted by molar-refractivity contribution is 6.44. The smallest absolute Gasteiger partial charge is 0.273 e. The molecular weight excluding hydrogens is 351 g/mol. The lowest BCUT2D eigenvalue weighted by Crippen LogP contribution is -2.39. The van der Waals surface area contributed by atoms with Gasteiger partial charge in [0, 0.05) is 12.5 Å². The molecule has 0 spiro atoms. The molecule has 1 aromatic carbocycles. The summed E-state index contributed by atoms with van der Waals surface area (Å²) in [5, 5.41) is 12.6. The van der Waals surface area contributed by atoms with Gasteiger partial charge in [0.05, 0.1) is 17.9 Å². The molecule has 0 bridgehead atoms. The van der Waals surface area contributed by atoms with Crippen molar-refractivity contribution in [2.45, 2.75) is 38.8 Å². The van der Waals surface area contributed by atoms with Gasteiger partial charge in [-0.3, -0.25) is 14.6 Å². The van der Waals surface area contributed by atoms with Crippen molar-refractivity contribution in [3.63, 3.8) is 0 Å². The first-order chi connectivity index (χ1) is 12.9. The lowest BCUT2D eigenvalue weighted by Gasteiger charge is -2.20. The van der Waals surface area contributed by atoms with E-state index in [0.717, 1.165) is 6.42 Å². The lowest BCUT2D eigenvalue weighted by molar-refractivity contribution is -0.119. The van der Waals surface area contributed by atoms with E-state index in [1.807, 2.05) is 13.8 Å². The highest BCUT2D eigenvalue weighted by Crippen LogP contribution is 2.25. The summed E-state index contributed by atoms with van der Waals surface area (Å²) in [6.07, 6.45) is 2.53. The van der Waals surface area contributed by atoms with E-state index in [1.54, 1.807) is 16.9 Å². The van der Waals surface area contributed by atoms with E-state index in [0.29, 0.717) is 11.5 Å². The molecule has 27 heavy (non-hydrogen) atoms. The molecule has 2 heterocycles. The predicted molar refractivity (Wildman–Crippen MR) is 99.8 cm³/mol. The molecule has 8 nitrogen and oxygen atoms in total. The first-order valence-electron chi connectivity index (χ1n) is 8.67. The van der Waals surface area contributed by atoms with Crippen molar-refractivity contribution in [1.82, 2.24) is 9.78 Å². The Morgan fingerprint density at radius 2 is 2.04 bits per heavy atom. The molecule has 2 amide bonds. The third kappa shape index (κ3) is 3.81. The average Bonchev–Trinajstić information content (AvgIpc) is 3.29. The number of rotatable bonds is 6. The second-order valence-corrected chi connectivity index (χ2v) is 6.36. The molecule has 2 aromatic rings. The quantitative estimate of drug-likeness (QED) is 0.809. The number of primary amides is 1. The fourth-order valence-electron chi connectivity index (χ4n) is 2.83. The van der Waals surface area contributed by atoms with Crippen LogP contribution in [0.25, 0.3) is 0 Å². The maximum atomic E-state index is 13.2. The second kappa shape index (κ2) is 7.56. The van der Waals surface area contributed by atoms with E-state index >= 15 is 0 Å². The Kier molecular flexibility index (Phi) is 5.20. The van der Waals surface area contributed by atoms with Crippen LogP contribution in [0.3, 0.4) is 0 Å². The van der Waals surface area contributed by atoms with Crippen LogP contribution >= 0.6 is 0 Å². The lowest BCUT2D eigenvalue weighted by atomic mass is 10.1. The Morgan fingerprint density at radius 3 is 2.67 bits per heavy atom. The van der Waals surface area contributed by atoms with Gasteiger partial charge in [-0.25, -0.2) is 9.07 Å². The fourth-order valence-corrected chi connectivity index (χ4v) is 2.83. The molecule has 2 atom stereocenters. The number of hydrogen-bond acceptors (Lipinski definition) is 5. The molecule has 0 fully saturated rings. The van der Waals surface area contributed by atoms with Gasteiger partial charge in [0.1, 0.15) is 23.4 Å². The van der Waals surface area contributed by atoms with Gasteiger partial charge in [0.2, 0.25) is 5.91 Å². The number of nitrogens with two attached hydrogens (primary N) is 1. The van der Waals surface area contributed by atoms with Crippen LogP contribution in [-0.2, 0) is 9.59 Å². The number of nitrogens with zero attached hydrogens (tertiary/aromatic N) is 4. The zero-order valence-corrected chi connectivity index (χ0v) is 15.1. The topological polar surface area (TPSA) is 106 Å². The van der Waals surface area contributed by atoms with E-state index < -0.39 is 23.7 Å². The highest BCUT2D eigenvalue weighted by Gasteiger charge is 2.35. The van der Waals surface area contributed by atoms with Crippen LogP contribution < -0.4 is 16.1 Å². The summed E-state index contributed by atoms with van der Waals surface area (Å²) in [5.74, 6) is -0.909. The molecule has 1 aliphatic heterocycles. The normalized spacial score (nSPS) is 17.5. The molecule has 3 N–H and O–H groups in total. The molecule has 142 valence electrons. The zero-order valence-electron chi connectivity index (χ0n) is 15.1. The van der Waals surface area contributed by atoms with Crippen molar-refractivity contribution in [3.05, 3.63) is 42.3 Å². The van der Waals surface area contributed by atoms with Crippen LogP contribution in [0.1, 0.15) is 32.7 Å². The van der Waals surface area contributed by atoms with Gasteiger partial charge < -0.3 is 11.1 Å². The minimum Gasteiger partial charge on any atom is -0.368 e. The number of carbonyl (C=O) groups excluding carboxylic acids is 2. The van der Waals surface area contributed by atoms with Gasteiger partial charge >= 0.3 is 0 Å². The number of anilines is 2. The summed E-state index contributed by atoms with van der Waals surface area (Å²) in [4.78, 5) is 24.5. The Bertz CT molecular complexity index is 876. The average molecular weight is 372 g/mol. The molecule has 9 heteroatoms. The van der Waals surface area contributed by atoms with E-state index in [1.165, 1.54) is 29.3 Å². The van der Waals surface area contributed by atoms with Crippen molar-refractivity contribution in [3.8, 4) is 0 Å². The second-order valence-electron chi connectivity index (χ2n) is 6.36. The van der Waals surface area contributed by atoms with Gasteiger partial charge in [-0.1, -0.05) is 6.92 Å². The third-order valence-electron chi connectivity index (χ3n) is 4.51. The van der Waals surface area contributed by atoms with Gasteiger partial charge in [-0.15, -0.1) is 0 Å². The van der Waals surface area contributed by atoms with E-state index in [2.05, 4.69) is 15.5 Å². The monoisotopic (exact) mass is 372 g/mol. The van der Waals surface area contributed by atoms with Gasteiger partial charge in [-0.2, -0.15) is 10.2 Å². The Hall–Kier alpha value is -3.23. The van der Waals surface area contributed by atoms with Crippen molar-refractivity contribution in [2.24, 2.45) is 10.8 Å². The number of benzene rings is 1. The zero-order chi connectivity index (χ0) is 19.6. The molecule has 0 saturated heterocycles. The molecule has 1 aromatic heterocycles. The van der Waals surface area contributed by atoms with Crippen LogP contribution in [-0.4, -0.2) is 33.3 Å². The minimum atomic E-state index is -0.810. The van der Waals surface area contributed by atoms with E-state index in [-0.39, 0.29) is 18.2 Å². The van der Waals surface area contributed by atoms with Gasteiger partial charge in [0.15, 0.2) is 0 Å². The summed E-state index contributed by atoms with van der Waals surface area (Å²) in [5.41, 5.74) is 6.11. The third-order valence-corrected chi connectivity index (χ3v) is 4.51. The van der Waals surface area contributed by atoms with Gasteiger partial charge in [0.25, 0.3) is 5.91 Å². The maximum absolute atomic E-state index is 13.2. The maximum Gasteiger partial charge on any atom is 0.273 e. The predicted octanol–water partition coefficient (Wildman–Crippen LogP) is 2.05. The van der Waals surface area contributed by atoms with Crippen molar-refractivity contribution >= 4 is 29.0 Å². The summed E-state index contributed by atoms with van der Waals surface area (Å²) in [6.45, 7) is 4.02. The molecule has 3 rings (SSSR count). The minimum absolute atomic E-state index is 0.0655. The Morgan fingerprint density at radius 1 is 1.33 bits per heavy atom. The summed E-state index contributed by atoms with van der Waals surface area (Å²) < 4.78 is 14.9. The number of carbonyl (C=O) groups is 2. The molecular formula is C18H21FN6O2. The summed E-state index contributed by atoms with van der Waals surface area (Å²) >= 11 is 0. The van der Waals surface area contributed by atoms with Crippen LogP contribution in [0, 0.1) is 5.82 Å². The van der Waals surface area contributed by atoms with Gasteiger partial charge in [-0.05, 0) is 37.6 Å². The van der Waals surface area contributed by atoms with Crippen LogP contribution in [0.4, 0.5) is 15.9 Å². The molecule has 0 saturated carbocycles. The first kappa shape index (κ1) is 18.6. The van der Waals surface area contributed by atoms with E-state index in [4.69, 9.17) is 5.73 Å². The standard InChI is InChI=1S/C18H21FN6O2/c1-3-11(2)24-16(8-9-21-24)22-18(27)14-10-15(17(20)26)25(23-14)13-6-4-12(19)5-7-13/h4-9,11,15H,3,10H2,1-2H3,(H2,20,26)(H,22,27). The number of halogens is 1. The van der Waals surface area contributed by atoms with Crippen LogP contribution in [0.5, 0.6) is 0 Å². The fraction of sp³-hybridized carbons (Fsp3) is 0.333. The number of hydrazone groups is 1. The molecule has 2 unspecified atom stereocenters. The summed E-state index contributed by atoms with van der Waals surface area (Å²) in [6, 6.07) is 6.48. The van der Waals surface area contributed by atoms with Crippen LogP contribution in [0.2, 0.25) is 0 Å². The number of nitrogens with one attached hydrogen (secondary N) is 1. The Balaban J connectivity index is 1.82. The van der Waals surface area contributed by atoms with Crippen molar-refractivity contribution < 1.29 is 14.0 Å². The summed E-state index contributed by atoms with van der Waals surface area (Å²) in [7, 11) is 0.